The van der Waals surface area contributed by atoms with Crippen molar-refractivity contribution in [1.29, 1.82) is 0 Å². The normalized spacial score (nSPS) is 11.8. The number of rotatable bonds is 9. The van der Waals surface area contributed by atoms with Gasteiger partial charge in [0.15, 0.2) is 8.07 Å². The van der Waals surface area contributed by atoms with Crippen LogP contribution in [0.3, 0.4) is 0 Å². The van der Waals surface area contributed by atoms with Crippen LogP contribution in [0.15, 0.2) is 277 Å². The minimum Gasteiger partial charge on any atom is -0.455 e. The van der Waals surface area contributed by atoms with Crippen LogP contribution >= 0.6 is 0 Å². The van der Waals surface area contributed by atoms with E-state index in [9.17, 15) is 0 Å². The van der Waals surface area contributed by atoms with Crippen molar-refractivity contribution in [3.63, 3.8) is 0 Å². The van der Waals surface area contributed by atoms with Crippen molar-refractivity contribution in [2.24, 2.45) is 0 Å². The van der Waals surface area contributed by atoms with Crippen LogP contribution in [0.4, 0.5) is 0 Å². The smallest absolute Gasteiger partial charge is 0.179 e. The number of hydrogen-bond acceptors (Lipinski definition) is 1. The lowest BCUT2D eigenvalue weighted by atomic mass is 9.95. The first-order valence-electron chi connectivity index (χ1n) is 23.7. The van der Waals surface area contributed by atoms with E-state index in [0.29, 0.717) is 0 Å². The first-order valence-corrected chi connectivity index (χ1v) is 25.7. The van der Waals surface area contributed by atoms with Gasteiger partial charge in [0.05, 0.1) is 11.0 Å². The molecule has 0 amide bonds. The van der Waals surface area contributed by atoms with Gasteiger partial charge in [-0.3, -0.25) is 0 Å². The number of furan rings is 1. The topological polar surface area (TPSA) is 18.1 Å². The van der Waals surface area contributed by atoms with Gasteiger partial charge < -0.3 is 8.98 Å². The van der Waals surface area contributed by atoms with Crippen LogP contribution in [0, 0.1) is 0 Å². The van der Waals surface area contributed by atoms with Crippen LogP contribution in [0.5, 0.6) is 0 Å². The Bertz CT molecular complexity index is 3910. The average Bonchev–Trinajstić information content (AvgIpc) is 3.98. The van der Waals surface area contributed by atoms with Gasteiger partial charge in [0.25, 0.3) is 0 Å². The van der Waals surface area contributed by atoms with E-state index in [4.69, 9.17) is 4.42 Å². The number of fused-ring (bicyclic) bond motifs is 6. The summed E-state index contributed by atoms with van der Waals surface area (Å²) in [5.74, 6) is 0. The Labute approximate surface area is 402 Å². The molecule has 0 atom stereocenters. The summed E-state index contributed by atoms with van der Waals surface area (Å²) in [5.41, 5.74) is 14.5. The zero-order chi connectivity index (χ0) is 45.7. The molecule has 2 nitrogen and oxygen atoms in total. The number of nitrogens with zero attached hydrogens (tertiary/aromatic N) is 1. The molecule has 324 valence electrons. The molecule has 0 spiro atoms. The summed E-state index contributed by atoms with van der Waals surface area (Å²) < 4.78 is 9.24. The summed E-state index contributed by atoms with van der Waals surface area (Å²) in [6.45, 7) is 0. The van der Waals surface area contributed by atoms with Crippen molar-refractivity contribution in [2.75, 3.05) is 0 Å². The van der Waals surface area contributed by atoms with Crippen LogP contribution in [-0.4, -0.2) is 12.6 Å². The Kier molecular flexibility index (Phi) is 9.88. The van der Waals surface area contributed by atoms with Gasteiger partial charge in [-0.25, -0.2) is 0 Å². The molecular weight excluding hydrogens is 851 g/mol. The first-order chi connectivity index (χ1) is 34.2. The molecule has 2 heterocycles. The maximum Gasteiger partial charge on any atom is 0.179 e. The molecule has 0 saturated carbocycles. The molecule has 3 heteroatoms. The highest BCUT2D eigenvalue weighted by Crippen LogP contribution is 2.40. The standard InChI is InChI=1S/C66H45NOSi/c1-5-19-46(20-6-1)47-21-15-22-48(41-47)49-23-16-24-50(42-49)51-37-40-65-62(44-51)60-35-18-34-58(66(60)68-65)52-25-17-26-53(43-52)67-63-36-14-13-33-59(63)61-45-57(38-39-64(61)67)69(54-27-7-2-8-28-54,55-29-9-3-10-30-55)56-31-11-4-12-32-56/h1-45H. The molecule has 13 rings (SSSR count). The summed E-state index contributed by atoms with van der Waals surface area (Å²) in [5, 5.41) is 10.1. The Morgan fingerprint density at radius 3 is 1.42 bits per heavy atom. The zero-order valence-corrected chi connectivity index (χ0v) is 38.8. The summed E-state index contributed by atoms with van der Waals surface area (Å²) in [4.78, 5) is 0. The van der Waals surface area contributed by atoms with E-state index in [1.54, 1.807) is 0 Å². The molecule has 69 heavy (non-hydrogen) atoms. The van der Waals surface area contributed by atoms with Crippen molar-refractivity contribution in [3.05, 3.63) is 273 Å². The van der Waals surface area contributed by atoms with E-state index < -0.39 is 8.07 Å². The molecule has 13 aromatic rings. The molecule has 0 radical (unpaired) electrons. The molecule has 0 saturated heterocycles. The molecule has 0 N–H and O–H groups in total. The van der Waals surface area contributed by atoms with Gasteiger partial charge in [0, 0.05) is 32.8 Å². The SMILES string of the molecule is c1ccc(-c2cccc(-c3cccc(-c4ccc5oc6c(-c7cccc(-n8c9ccccc9c9cc([Si](c%10ccccc%10)(c%10ccccc%10)c%10ccccc%10)ccc98)c7)cccc6c5c4)c3)c2)cc1. The molecule has 11 aromatic carbocycles. The number of hydrogen-bond donors (Lipinski definition) is 0. The molecule has 0 aliphatic carbocycles. The fourth-order valence-corrected chi connectivity index (χ4v) is 15.7. The third kappa shape index (κ3) is 6.86. The summed E-state index contributed by atoms with van der Waals surface area (Å²) in [6.07, 6.45) is 0. The van der Waals surface area contributed by atoms with E-state index in [2.05, 4.69) is 278 Å². The summed E-state index contributed by atoms with van der Waals surface area (Å²) in [6, 6.07) is 100. The van der Waals surface area contributed by atoms with Gasteiger partial charge in [0.1, 0.15) is 11.2 Å². The minimum absolute atomic E-state index is 0.878. The maximum atomic E-state index is 6.80. The summed E-state index contributed by atoms with van der Waals surface area (Å²) in [7, 11) is -2.74. The van der Waals surface area contributed by atoms with Crippen LogP contribution in [0.25, 0.3) is 93.9 Å². The van der Waals surface area contributed by atoms with Gasteiger partial charge >= 0.3 is 0 Å². The molecule has 0 unspecified atom stereocenters. The van der Waals surface area contributed by atoms with E-state index >= 15 is 0 Å². The molecule has 0 bridgehead atoms. The second-order valence-corrected chi connectivity index (χ2v) is 21.8. The number of aromatic nitrogens is 1. The van der Waals surface area contributed by atoms with Gasteiger partial charge in [0.2, 0.25) is 0 Å². The van der Waals surface area contributed by atoms with Crippen LogP contribution in [0.2, 0.25) is 0 Å². The third-order valence-corrected chi connectivity index (χ3v) is 18.9. The van der Waals surface area contributed by atoms with Gasteiger partial charge in [-0.05, 0) is 108 Å². The van der Waals surface area contributed by atoms with Gasteiger partial charge in [-0.2, -0.15) is 0 Å². The monoisotopic (exact) mass is 895 g/mol. The lowest BCUT2D eigenvalue weighted by molar-refractivity contribution is 0.670. The fourth-order valence-electron chi connectivity index (χ4n) is 11.0. The molecule has 0 aliphatic heterocycles. The van der Waals surface area contributed by atoms with E-state index in [1.165, 1.54) is 70.4 Å². The Balaban J connectivity index is 0.908. The highest BCUT2D eigenvalue weighted by Gasteiger charge is 2.41. The highest BCUT2D eigenvalue weighted by molar-refractivity contribution is 7.20. The van der Waals surface area contributed by atoms with Crippen LogP contribution in [0.1, 0.15) is 0 Å². The van der Waals surface area contributed by atoms with Crippen molar-refractivity contribution in [3.8, 4) is 50.2 Å². The lowest BCUT2D eigenvalue weighted by Gasteiger charge is -2.34. The second-order valence-electron chi connectivity index (χ2n) is 18.0. The molecular formula is C66H45NOSi. The van der Waals surface area contributed by atoms with Crippen molar-refractivity contribution < 1.29 is 4.42 Å². The first kappa shape index (κ1) is 40.5. The van der Waals surface area contributed by atoms with Gasteiger partial charge in [-0.1, -0.05) is 224 Å². The second kappa shape index (κ2) is 16.8. The largest absolute Gasteiger partial charge is 0.455 e. The molecule has 2 aromatic heterocycles. The predicted octanol–water partition coefficient (Wildman–Crippen LogP) is 14.7. The summed E-state index contributed by atoms with van der Waals surface area (Å²) >= 11 is 0. The van der Waals surface area contributed by atoms with Gasteiger partial charge in [-0.15, -0.1) is 0 Å². The Morgan fingerprint density at radius 2 is 0.768 bits per heavy atom. The highest BCUT2D eigenvalue weighted by atomic mass is 28.3. The maximum absolute atomic E-state index is 6.80. The van der Waals surface area contributed by atoms with Crippen molar-refractivity contribution in [2.45, 2.75) is 0 Å². The Morgan fingerprint density at radius 1 is 0.275 bits per heavy atom. The predicted molar refractivity (Wildman–Crippen MR) is 293 cm³/mol. The molecule has 0 aliphatic rings. The lowest BCUT2D eigenvalue weighted by Crippen LogP contribution is -2.74. The van der Waals surface area contributed by atoms with E-state index in [0.717, 1.165) is 44.3 Å². The van der Waals surface area contributed by atoms with Crippen molar-refractivity contribution in [1.82, 2.24) is 4.57 Å². The van der Waals surface area contributed by atoms with Crippen LogP contribution in [-0.2, 0) is 0 Å². The minimum atomic E-state index is -2.74. The van der Waals surface area contributed by atoms with Crippen molar-refractivity contribution >= 4 is 72.6 Å². The average molecular weight is 896 g/mol. The number of benzene rings is 11. The fraction of sp³-hybridized carbons (Fsp3) is 0. The number of para-hydroxylation sites is 2. The Hall–Kier alpha value is -8.76. The molecule has 0 fully saturated rings. The van der Waals surface area contributed by atoms with E-state index in [-0.39, 0.29) is 0 Å². The van der Waals surface area contributed by atoms with Crippen LogP contribution < -0.4 is 20.7 Å². The zero-order valence-electron chi connectivity index (χ0n) is 37.8. The quantitative estimate of drug-likeness (QED) is 0.104. The van der Waals surface area contributed by atoms with E-state index in [1.807, 2.05) is 0 Å². The third-order valence-electron chi connectivity index (χ3n) is 14.1.